The molecule has 0 radical (unpaired) electrons. The molecule has 0 saturated heterocycles. The average Bonchev–Trinajstić information content (AvgIpc) is 2.36. The molecule has 0 aliphatic carbocycles. The minimum atomic E-state index is 0.214. The van der Waals surface area contributed by atoms with Gasteiger partial charge in [0.2, 0.25) is 0 Å². The van der Waals surface area contributed by atoms with E-state index in [1.807, 2.05) is 12.1 Å². The van der Waals surface area contributed by atoms with Crippen LogP contribution in [0.3, 0.4) is 0 Å². The SMILES string of the molecule is COCCCNCC(C)OCc1cccc(Br)c1. The van der Waals surface area contributed by atoms with Crippen LogP contribution in [0.4, 0.5) is 0 Å². The molecule has 0 amide bonds. The molecule has 0 aliphatic rings. The maximum atomic E-state index is 5.77. The topological polar surface area (TPSA) is 30.5 Å². The Morgan fingerprint density at radius 3 is 2.94 bits per heavy atom. The minimum absolute atomic E-state index is 0.214. The Bertz CT molecular complexity index is 333. The van der Waals surface area contributed by atoms with Crippen LogP contribution in [-0.2, 0) is 16.1 Å². The summed E-state index contributed by atoms with van der Waals surface area (Å²) in [5, 5.41) is 3.35. The highest BCUT2D eigenvalue weighted by molar-refractivity contribution is 9.10. The molecule has 0 saturated carbocycles. The fraction of sp³-hybridized carbons (Fsp3) is 0.571. The normalized spacial score (nSPS) is 12.6. The number of hydrogen-bond donors (Lipinski definition) is 1. The zero-order valence-corrected chi connectivity index (χ0v) is 12.7. The van der Waals surface area contributed by atoms with Crippen molar-refractivity contribution >= 4 is 15.9 Å². The smallest absolute Gasteiger partial charge is 0.0721 e. The molecule has 0 aromatic heterocycles. The molecule has 0 bridgehead atoms. The molecule has 3 nitrogen and oxygen atoms in total. The monoisotopic (exact) mass is 315 g/mol. The number of hydrogen-bond acceptors (Lipinski definition) is 3. The van der Waals surface area contributed by atoms with Gasteiger partial charge in [-0.2, -0.15) is 0 Å². The Morgan fingerprint density at radius 2 is 2.22 bits per heavy atom. The summed E-state index contributed by atoms with van der Waals surface area (Å²) < 4.78 is 11.9. The lowest BCUT2D eigenvalue weighted by atomic mass is 10.2. The fourth-order valence-corrected chi connectivity index (χ4v) is 2.02. The van der Waals surface area contributed by atoms with Gasteiger partial charge in [-0.25, -0.2) is 0 Å². The lowest BCUT2D eigenvalue weighted by Crippen LogP contribution is -2.28. The highest BCUT2D eigenvalue weighted by Crippen LogP contribution is 2.12. The van der Waals surface area contributed by atoms with E-state index >= 15 is 0 Å². The third-order valence-electron chi connectivity index (χ3n) is 2.56. The molecule has 0 fully saturated rings. The molecular weight excluding hydrogens is 294 g/mol. The van der Waals surface area contributed by atoms with Gasteiger partial charge in [0.1, 0.15) is 0 Å². The quantitative estimate of drug-likeness (QED) is 0.711. The first-order valence-electron chi connectivity index (χ1n) is 6.28. The van der Waals surface area contributed by atoms with Crippen molar-refractivity contribution in [3.8, 4) is 0 Å². The van der Waals surface area contributed by atoms with E-state index in [-0.39, 0.29) is 6.10 Å². The molecule has 1 rings (SSSR count). The van der Waals surface area contributed by atoms with Crippen molar-refractivity contribution in [2.24, 2.45) is 0 Å². The molecule has 0 heterocycles. The molecule has 0 spiro atoms. The first-order valence-corrected chi connectivity index (χ1v) is 7.07. The zero-order chi connectivity index (χ0) is 13.2. The number of methoxy groups -OCH3 is 1. The molecule has 1 unspecified atom stereocenters. The summed E-state index contributed by atoms with van der Waals surface area (Å²) in [5.74, 6) is 0. The van der Waals surface area contributed by atoms with Crippen LogP contribution >= 0.6 is 15.9 Å². The van der Waals surface area contributed by atoms with Crippen LogP contribution in [0.5, 0.6) is 0 Å². The highest BCUT2D eigenvalue weighted by Gasteiger charge is 2.02. The summed E-state index contributed by atoms with van der Waals surface area (Å²) in [4.78, 5) is 0. The molecule has 1 atom stereocenters. The van der Waals surface area contributed by atoms with E-state index in [2.05, 4.69) is 40.3 Å². The fourth-order valence-electron chi connectivity index (χ4n) is 1.57. The molecule has 1 aromatic rings. The number of halogens is 1. The van der Waals surface area contributed by atoms with Crippen molar-refractivity contribution in [2.75, 3.05) is 26.8 Å². The van der Waals surface area contributed by atoms with E-state index in [4.69, 9.17) is 9.47 Å². The second kappa shape index (κ2) is 9.50. The summed E-state index contributed by atoms with van der Waals surface area (Å²) in [6.45, 7) is 5.39. The van der Waals surface area contributed by atoms with Crippen LogP contribution in [0.2, 0.25) is 0 Å². The van der Waals surface area contributed by atoms with Crippen molar-refractivity contribution in [1.29, 1.82) is 0 Å². The van der Waals surface area contributed by atoms with Crippen LogP contribution in [0.1, 0.15) is 18.9 Å². The maximum absolute atomic E-state index is 5.77. The second-order valence-corrected chi connectivity index (χ2v) is 5.22. The van der Waals surface area contributed by atoms with Gasteiger partial charge in [0.25, 0.3) is 0 Å². The average molecular weight is 316 g/mol. The summed E-state index contributed by atoms with van der Waals surface area (Å²) >= 11 is 3.46. The molecule has 1 N–H and O–H groups in total. The Labute approximate surface area is 118 Å². The first kappa shape index (κ1) is 15.6. The Hall–Kier alpha value is -0.420. The van der Waals surface area contributed by atoms with Gasteiger partial charge in [0.05, 0.1) is 12.7 Å². The van der Waals surface area contributed by atoms with E-state index in [9.17, 15) is 0 Å². The summed E-state index contributed by atoms with van der Waals surface area (Å²) in [6, 6.07) is 8.20. The third kappa shape index (κ3) is 7.11. The Kier molecular flexibility index (Phi) is 8.25. The van der Waals surface area contributed by atoms with Gasteiger partial charge >= 0.3 is 0 Å². The molecular formula is C14H22BrNO2. The number of ether oxygens (including phenoxy) is 2. The predicted molar refractivity (Wildman–Crippen MR) is 77.8 cm³/mol. The van der Waals surface area contributed by atoms with E-state index in [0.717, 1.165) is 30.6 Å². The van der Waals surface area contributed by atoms with E-state index in [1.54, 1.807) is 7.11 Å². The van der Waals surface area contributed by atoms with Crippen molar-refractivity contribution in [3.05, 3.63) is 34.3 Å². The number of rotatable bonds is 9. The van der Waals surface area contributed by atoms with Gasteiger partial charge in [0, 0.05) is 24.7 Å². The van der Waals surface area contributed by atoms with E-state index in [1.165, 1.54) is 5.56 Å². The maximum Gasteiger partial charge on any atom is 0.0721 e. The number of benzene rings is 1. The van der Waals surface area contributed by atoms with Gasteiger partial charge in [-0.1, -0.05) is 28.1 Å². The Morgan fingerprint density at radius 1 is 1.39 bits per heavy atom. The van der Waals surface area contributed by atoms with Crippen molar-refractivity contribution in [1.82, 2.24) is 5.32 Å². The summed E-state index contributed by atoms with van der Waals surface area (Å²) in [6.07, 6.45) is 1.25. The zero-order valence-electron chi connectivity index (χ0n) is 11.1. The summed E-state index contributed by atoms with van der Waals surface area (Å²) in [5.41, 5.74) is 1.19. The van der Waals surface area contributed by atoms with Crippen LogP contribution in [-0.4, -0.2) is 32.9 Å². The molecule has 18 heavy (non-hydrogen) atoms. The van der Waals surface area contributed by atoms with Crippen LogP contribution in [0.25, 0.3) is 0 Å². The van der Waals surface area contributed by atoms with Crippen molar-refractivity contribution in [2.45, 2.75) is 26.1 Å². The molecule has 4 heteroatoms. The van der Waals surface area contributed by atoms with Crippen molar-refractivity contribution < 1.29 is 9.47 Å². The lowest BCUT2D eigenvalue weighted by molar-refractivity contribution is 0.0529. The van der Waals surface area contributed by atoms with Crippen LogP contribution in [0.15, 0.2) is 28.7 Å². The lowest BCUT2D eigenvalue weighted by Gasteiger charge is -2.14. The van der Waals surface area contributed by atoms with Gasteiger partial charge in [-0.3, -0.25) is 0 Å². The van der Waals surface area contributed by atoms with Gasteiger partial charge < -0.3 is 14.8 Å². The van der Waals surface area contributed by atoms with Crippen LogP contribution in [0, 0.1) is 0 Å². The second-order valence-electron chi connectivity index (χ2n) is 4.30. The Balaban J connectivity index is 2.11. The standard InChI is InChI=1S/C14H22BrNO2/c1-12(10-16-7-4-8-17-2)18-11-13-5-3-6-14(15)9-13/h3,5-6,9,12,16H,4,7-8,10-11H2,1-2H3. The molecule has 102 valence electrons. The predicted octanol–water partition coefficient (Wildman–Crippen LogP) is 2.98. The van der Waals surface area contributed by atoms with Gasteiger partial charge in [-0.05, 0) is 37.6 Å². The number of nitrogens with one attached hydrogen (secondary N) is 1. The largest absolute Gasteiger partial charge is 0.385 e. The first-order chi connectivity index (χ1) is 8.72. The van der Waals surface area contributed by atoms with Gasteiger partial charge in [-0.15, -0.1) is 0 Å². The van der Waals surface area contributed by atoms with Gasteiger partial charge in [0.15, 0.2) is 0 Å². The third-order valence-corrected chi connectivity index (χ3v) is 3.05. The molecule has 1 aromatic carbocycles. The van der Waals surface area contributed by atoms with E-state index < -0.39 is 0 Å². The highest BCUT2D eigenvalue weighted by atomic mass is 79.9. The summed E-state index contributed by atoms with van der Waals surface area (Å²) in [7, 11) is 1.73. The molecule has 0 aliphatic heterocycles. The van der Waals surface area contributed by atoms with Crippen LogP contribution < -0.4 is 5.32 Å². The van der Waals surface area contributed by atoms with Crippen molar-refractivity contribution in [3.63, 3.8) is 0 Å². The van der Waals surface area contributed by atoms with E-state index in [0.29, 0.717) is 6.61 Å². The minimum Gasteiger partial charge on any atom is -0.385 e.